The smallest absolute Gasteiger partial charge is 0.237 e. The van der Waals surface area contributed by atoms with Gasteiger partial charge in [-0.05, 0) is 29.8 Å². The predicted molar refractivity (Wildman–Crippen MR) is 104 cm³/mol. The average molecular weight is 393 g/mol. The summed E-state index contributed by atoms with van der Waals surface area (Å²) in [5, 5.41) is 0.554. The first kappa shape index (κ1) is 18.7. The number of amides is 1. The van der Waals surface area contributed by atoms with E-state index in [0.29, 0.717) is 36.8 Å². The van der Waals surface area contributed by atoms with Crippen LogP contribution >= 0.6 is 11.6 Å². The molecule has 138 valence electrons. The normalized spacial score (nSPS) is 15.1. The lowest BCUT2D eigenvalue weighted by Gasteiger charge is -2.36. The van der Waals surface area contributed by atoms with Crippen LogP contribution in [-0.4, -0.2) is 51.2 Å². The molecule has 0 aliphatic carbocycles. The zero-order chi connectivity index (χ0) is 18.6. The van der Waals surface area contributed by atoms with Crippen LogP contribution in [0.15, 0.2) is 54.6 Å². The minimum Gasteiger partial charge on any atom is -0.368 e. The Balaban J connectivity index is 1.54. The fourth-order valence-corrected chi connectivity index (χ4v) is 4.51. The van der Waals surface area contributed by atoms with Crippen molar-refractivity contribution in [3.05, 3.63) is 65.2 Å². The van der Waals surface area contributed by atoms with E-state index in [2.05, 4.69) is 4.90 Å². The lowest BCUT2D eigenvalue weighted by atomic mass is 10.2. The Morgan fingerprint density at radius 3 is 2.15 bits per heavy atom. The highest BCUT2D eigenvalue weighted by Gasteiger charge is 2.25. The highest BCUT2D eigenvalue weighted by molar-refractivity contribution is 7.91. The number of halogens is 1. The fourth-order valence-electron chi connectivity index (χ4n) is 3.02. The summed E-state index contributed by atoms with van der Waals surface area (Å²) in [7, 11) is -3.51. The SMILES string of the molecule is O=C(CS(=O)(=O)Cc1ccc(Cl)cc1)N1CCN(c2ccccc2)CC1. The van der Waals surface area contributed by atoms with Gasteiger partial charge < -0.3 is 9.80 Å². The van der Waals surface area contributed by atoms with Gasteiger partial charge in [0.1, 0.15) is 5.75 Å². The van der Waals surface area contributed by atoms with Crippen LogP contribution in [0.3, 0.4) is 0 Å². The van der Waals surface area contributed by atoms with Crippen molar-refractivity contribution in [1.82, 2.24) is 4.90 Å². The first-order chi connectivity index (χ1) is 12.4. The number of piperazine rings is 1. The summed E-state index contributed by atoms with van der Waals surface area (Å²) in [5.74, 6) is -0.937. The Labute approximate surface area is 159 Å². The van der Waals surface area contributed by atoms with E-state index in [-0.39, 0.29) is 11.7 Å². The lowest BCUT2D eigenvalue weighted by Crippen LogP contribution is -2.50. The maximum atomic E-state index is 12.4. The molecular formula is C19H21ClN2O3S. The number of hydrogen-bond donors (Lipinski definition) is 0. The van der Waals surface area contributed by atoms with E-state index in [1.165, 1.54) is 0 Å². The number of rotatable bonds is 5. The van der Waals surface area contributed by atoms with Gasteiger partial charge in [-0.25, -0.2) is 8.42 Å². The molecule has 0 atom stereocenters. The number of sulfone groups is 1. The molecule has 1 aliphatic rings. The van der Waals surface area contributed by atoms with Gasteiger partial charge in [-0.2, -0.15) is 0 Å². The summed E-state index contributed by atoms with van der Waals surface area (Å²) in [4.78, 5) is 16.2. The highest BCUT2D eigenvalue weighted by Crippen LogP contribution is 2.16. The number of para-hydroxylation sites is 1. The standard InChI is InChI=1S/C19H21ClN2O3S/c20-17-8-6-16(7-9-17)14-26(24,25)15-19(23)22-12-10-21(11-13-22)18-4-2-1-3-5-18/h1-9H,10-15H2. The topological polar surface area (TPSA) is 57.7 Å². The molecule has 2 aromatic rings. The first-order valence-electron chi connectivity index (χ1n) is 8.46. The van der Waals surface area contributed by atoms with Crippen molar-refractivity contribution in [2.75, 3.05) is 36.8 Å². The van der Waals surface area contributed by atoms with Crippen LogP contribution in [0.5, 0.6) is 0 Å². The second kappa shape index (κ2) is 8.10. The molecule has 0 N–H and O–H groups in total. The van der Waals surface area contributed by atoms with Gasteiger partial charge in [-0.1, -0.05) is 41.9 Å². The largest absolute Gasteiger partial charge is 0.368 e. The zero-order valence-electron chi connectivity index (χ0n) is 14.3. The molecule has 1 aliphatic heterocycles. The molecule has 0 radical (unpaired) electrons. The quantitative estimate of drug-likeness (QED) is 0.784. The third-order valence-electron chi connectivity index (χ3n) is 4.40. The maximum absolute atomic E-state index is 12.4. The molecule has 2 aromatic carbocycles. The van der Waals surface area contributed by atoms with Crippen LogP contribution in [0.1, 0.15) is 5.56 Å². The number of nitrogens with zero attached hydrogens (tertiary/aromatic N) is 2. The molecule has 26 heavy (non-hydrogen) atoms. The molecule has 3 rings (SSSR count). The molecule has 0 unspecified atom stereocenters. The number of benzene rings is 2. The van der Waals surface area contributed by atoms with Crippen molar-refractivity contribution in [2.45, 2.75) is 5.75 Å². The zero-order valence-corrected chi connectivity index (χ0v) is 15.9. The van der Waals surface area contributed by atoms with Crippen LogP contribution < -0.4 is 4.90 Å². The molecule has 1 fully saturated rings. The van der Waals surface area contributed by atoms with E-state index in [9.17, 15) is 13.2 Å². The van der Waals surface area contributed by atoms with E-state index in [0.717, 1.165) is 5.69 Å². The van der Waals surface area contributed by atoms with Gasteiger partial charge in [0, 0.05) is 36.9 Å². The summed E-state index contributed by atoms with van der Waals surface area (Å²) in [6.45, 7) is 2.47. The second-order valence-corrected chi connectivity index (χ2v) is 8.86. The summed E-state index contributed by atoms with van der Waals surface area (Å²) >= 11 is 5.81. The van der Waals surface area contributed by atoms with Gasteiger partial charge in [0.2, 0.25) is 5.91 Å². The molecule has 1 heterocycles. The number of carbonyl (C=O) groups excluding carboxylic acids is 1. The lowest BCUT2D eigenvalue weighted by molar-refractivity contribution is -0.128. The minimum atomic E-state index is -3.51. The Morgan fingerprint density at radius 2 is 1.54 bits per heavy atom. The molecule has 0 spiro atoms. The van der Waals surface area contributed by atoms with Crippen LogP contribution in [0.25, 0.3) is 0 Å². The third kappa shape index (κ3) is 4.99. The number of hydrogen-bond acceptors (Lipinski definition) is 4. The van der Waals surface area contributed by atoms with Gasteiger partial charge in [0.05, 0.1) is 5.75 Å². The Kier molecular flexibility index (Phi) is 5.84. The van der Waals surface area contributed by atoms with Crippen molar-refractivity contribution in [3.63, 3.8) is 0 Å². The molecule has 7 heteroatoms. The van der Waals surface area contributed by atoms with Crippen LogP contribution in [0.2, 0.25) is 5.02 Å². The first-order valence-corrected chi connectivity index (χ1v) is 10.7. The van der Waals surface area contributed by atoms with Crippen LogP contribution in [0.4, 0.5) is 5.69 Å². The number of carbonyl (C=O) groups is 1. The van der Waals surface area contributed by atoms with Crippen molar-refractivity contribution in [1.29, 1.82) is 0 Å². The summed E-state index contributed by atoms with van der Waals surface area (Å²) in [6.07, 6.45) is 0. The Morgan fingerprint density at radius 1 is 0.923 bits per heavy atom. The third-order valence-corrected chi connectivity index (χ3v) is 6.11. The fraction of sp³-hybridized carbons (Fsp3) is 0.316. The van der Waals surface area contributed by atoms with Crippen LogP contribution in [0, 0.1) is 0 Å². The summed E-state index contributed by atoms with van der Waals surface area (Å²) in [6, 6.07) is 16.6. The summed E-state index contributed by atoms with van der Waals surface area (Å²) in [5.41, 5.74) is 1.76. The van der Waals surface area contributed by atoms with Crippen molar-refractivity contribution >= 4 is 33.0 Å². The predicted octanol–water partition coefficient (Wildman–Crippen LogP) is 2.60. The van der Waals surface area contributed by atoms with E-state index >= 15 is 0 Å². The average Bonchev–Trinajstić information content (AvgIpc) is 2.64. The molecule has 1 amide bonds. The monoisotopic (exact) mass is 392 g/mol. The van der Waals surface area contributed by atoms with Gasteiger partial charge >= 0.3 is 0 Å². The molecule has 0 bridgehead atoms. The minimum absolute atomic E-state index is 0.153. The highest BCUT2D eigenvalue weighted by atomic mass is 35.5. The molecule has 1 saturated heterocycles. The maximum Gasteiger partial charge on any atom is 0.237 e. The number of anilines is 1. The van der Waals surface area contributed by atoms with Gasteiger partial charge in [-0.3, -0.25) is 4.79 Å². The summed E-state index contributed by atoms with van der Waals surface area (Å²) < 4.78 is 24.7. The van der Waals surface area contributed by atoms with Crippen molar-refractivity contribution in [3.8, 4) is 0 Å². The molecular weight excluding hydrogens is 372 g/mol. The molecule has 0 aromatic heterocycles. The Hall–Kier alpha value is -2.05. The molecule has 0 saturated carbocycles. The molecule has 5 nitrogen and oxygen atoms in total. The van der Waals surface area contributed by atoms with E-state index < -0.39 is 15.6 Å². The van der Waals surface area contributed by atoms with Crippen molar-refractivity contribution in [2.24, 2.45) is 0 Å². The van der Waals surface area contributed by atoms with Gasteiger partial charge in [-0.15, -0.1) is 0 Å². The van der Waals surface area contributed by atoms with Crippen LogP contribution in [-0.2, 0) is 20.4 Å². The van der Waals surface area contributed by atoms with Crippen molar-refractivity contribution < 1.29 is 13.2 Å². The van der Waals surface area contributed by atoms with E-state index in [1.807, 2.05) is 30.3 Å². The van der Waals surface area contributed by atoms with Gasteiger partial charge in [0.15, 0.2) is 9.84 Å². The second-order valence-electron chi connectivity index (χ2n) is 6.36. The van der Waals surface area contributed by atoms with E-state index in [4.69, 9.17) is 11.6 Å². The van der Waals surface area contributed by atoms with E-state index in [1.54, 1.807) is 29.2 Å². The Bertz CT molecular complexity index is 846. The van der Waals surface area contributed by atoms with Gasteiger partial charge in [0.25, 0.3) is 0 Å².